The summed E-state index contributed by atoms with van der Waals surface area (Å²) >= 11 is 1.17. The van der Waals surface area contributed by atoms with E-state index in [-0.39, 0.29) is 23.2 Å². The lowest BCUT2D eigenvalue weighted by Gasteiger charge is -2.29. The Hall–Kier alpha value is -0.750. The van der Waals surface area contributed by atoms with Gasteiger partial charge >= 0.3 is 0 Å². The van der Waals surface area contributed by atoms with Gasteiger partial charge in [0.15, 0.2) is 0 Å². The Bertz CT molecular complexity index is 306. The molecule has 6 heteroatoms. The zero-order valence-electron chi connectivity index (χ0n) is 9.31. The predicted molar refractivity (Wildman–Crippen MR) is 63.1 cm³/mol. The van der Waals surface area contributed by atoms with Crippen LogP contribution in [0.25, 0.3) is 0 Å². The third kappa shape index (κ3) is 2.32. The standard InChI is InChI=1S/C10H17N3O2S/c1-13(8(4-11)6-2-3-6)9(14)7-5-16-10(15)12-7/h6-8H,2-5,11H2,1H3,(H,12,15). The minimum absolute atomic E-state index is 0.0132. The largest absolute Gasteiger partial charge is 0.339 e. The molecule has 3 N–H and O–H groups in total. The molecule has 90 valence electrons. The van der Waals surface area contributed by atoms with Crippen molar-refractivity contribution in [1.82, 2.24) is 10.2 Å². The average molecular weight is 243 g/mol. The van der Waals surface area contributed by atoms with Gasteiger partial charge in [0.1, 0.15) is 6.04 Å². The van der Waals surface area contributed by atoms with Crippen LogP contribution in [0.2, 0.25) is 0 Å². The van der Waals surface area contributed by atoms with Crippen LogP contribution in [0.1, 0.15) is 12.8 Å². The number of nitrogens with zero attached hydrogens (tertiary/aromatic N) is 1. The second-order valence-corrected chi connectivity index (χ2v) is 5.38. The van der Waals surface area contributed by atoms with Gasteiger partial charge in [0.2, 0.25) is 5.91 Å². The van der Waals surface area contributed by atoms with Gasteiger partial charge in [-0.05, 0) is 18.8 Å². The van der Waals surface area contributed by atoms with Gasteiger partial charge in [-0.3, -0.25) is 9.59 Å². The third-order valence-corrected chi connectivity index (χ3v) is 4.10. The van der Waals surface area contributed by atoms with Crippen LogP contribution in [0.3, 0.4) is 0 Å². The molecule has 2 fully saturated rings. The molecular weight excluding hydrogens is 226 g/mol. The molecule has 2 unspecified atom stereocenters. The quantitative estimate of drug-likeness (QED) is 0.729. The number of likely N-dealkylation sites (N-methyl/N-ethyl adjacent to an activating group) is 1. The number of amides is 2. The topological polar surface area (TPSA) is 75.4 Å². The van der Waals surface area contributed by atoms with Crippen molar-refractivity contribution in [2.45, 2.75) is 24.9 Å². The molecule has 0 aromatic carbocycles. The van der Waals surface area contributed by atoms with Crippen molar-refractivity contribution in [1.29, 1.82) is 0 Å². The van der Waals surface area contributed by atoms with Crippen molar-refractivity contribution in [3.8, 4) is 0 Å². The van der Waals surface area contributed by atoms with Crippen molar-refractivity contribution < 1.29 is 9.59 Å². The molecule has 0 spiro atoms. The lowest BCUT2D eigenvalue weighted by molar-refractivity contribution is -0.133. The van der Waals surface area contributed by atoms with Gasteiger partial charge in [-0.25, -0.2) is 0 Å². The number of nitrogens with one attached hydrogen (secondary N) is 1. The monoisotopic (exact) mass is 243 g/mol. The van der Waals surface area contributed by atoms with Crippen molar-refractivity contribution in [3.05, 3.63) is 0 Å². The Labute approximate surface area is 99.1 Å². The Morgan fingerprint density at radius 3 is 2.81 bits per heavy atom. The summed E-state index contributed by atoms with van der Waals surface area (Å²) in [5, 5.41) is 2.56. The van der Waals surface area contributed by atoms with E-state index in [0.717, 1.165) is 12.8 Å². The van der Waals surface area contributed by atoms with Gasteiger partial charge in [-0.1, -0.05) is 11.8 Å². The highest BCUT2D eigenvalue weighted by molar-refractivity contribution is 8.14. The Kier molecular flexibility index (Phi) is 3.39. The van der Waals surface area contributed by atoms with E-state index in [1.165, 1.54) is 11.8 Å². The number of hydrogen-bond donors (Lipinski definition) is 2. The molecule has 2 atom stereocenters. The predicted octanol–water partition coefficient (Wildman–Crippen LogP) is 0.00710. The van der Waals surface area contributed by atoms with Gasteiger partial charge < -0.3 is 16.0 Å². The molecule has 0 aromatic rings. The van der Waals surface area contributed by atoms with Crippen LogP contribution in [0, 0.1) is 5.92 Å². The Morgan fingerprint density at radius 2 is 2.38 bits per heavy atom. The highest BCUT2D eigenvalue weighted by Gasteiger charge is 2.38. The molecule has 0 radical (unpaired) electrons. The van der Waals surface area contributed by atoms with Gasteiger partial charge in [0.05, 0.1) is 0 Å². The van der Waals surface area contributed by atoms with E-state index in [9.17, 15) is 9.59 Å². The second kappa shape index (κ2) is 4.63. The molecule has 1 heterocycles. The fraction of sp³-hybridized carbons (Fsp3) is 0.800. The molecule has 1 aliphatic carbocycles. The van der Waals surface area contributed by atoms with E-state index >= 15 is 0 Å². The molecule has 1 saturated carbocycles. The van der Waals surface area contributed by atoms with Crippen LogP contribution in [-0.2, 0) is 4.79 Å². The first-order valence-corrected chi connectivity index (χ1v) is 6.52. The summed E-state index contributed by atoms with van der Waals surface area (Å²) in [5.74, 6) is 1.08. The number of hydrogen-bond acceptors (Lipinski definition) is 4. The average Bonchev–Trinajstić information content (AvgIpc) is 3.00. The summed E-state index contributed by atoms with van der Waals surface area (Å²) in [6.07, 6.45) is 2.32. The van der Waals surface area contributed by atoms with Gasteiger partial charge in [0, 0.05) is 25.4 Å². The van der Waals surface area contributed by atoms with Crippen LogP contribution in [0.4, 0.5) is 4.79 Å². The van der Waals surface area contributed by atoms with E-state index in [1.807, 2.05) is 0 Å². The van der Waals surface area contributed by atoms with Crippen molar-refractivity contribution in [2.24, 2.45) is 11.7 Å². The Balaban J connectivity index is 1.94. The molecule has 1 saturated heterocycles. The van der Waals surface area contributed by atoms with E-state index in [2.05, 4.69) is 5.32 Å². The van der Waals surface area contributed by atoms with Gasteiger partial charge in [0.25, 0.3) is 5.24 Å². The van der Waals surface area contributed by atoms with E-state index < -0.39 is 0 Å². The number of nitrogens with two attached hydrogens (primary N) is 1. The fourth-order valence-electron chi connectivity index (χ4n) is 2.07. The number of carbonyl (C=O) groups is 2. The summed E-state index contributed by atoms with van der Waals surface area (Å²) in [4.78, 5) is 24.8. The minimum Gasteiger partial charge on any atom is -0.339 e. The molecule has 2 aliphatic rings. The molecule has 5 nitrogen and oxygen atoms in total. The zero-order chi connectivity index (χ0) is 11.7. The van der Waals surface area contributed by atoms with Crippen molar-refractivity contribution in [2.75, 3.05) is 19.3 Å². The molecule has 2 amide bonds. The fourth-order valence-corrected chi connectivity index (χ4v) is 2.84. The summed E-state index contributed by atoms with van der Waals surface area (Å²) in [5.41, 5.74) is 5.69. The first-order valence-electron chi connectivity index (χ1n) is 5.53. The summed E-state index contributed by atoms with van der Waals surface area (Å²) in [6, 6.07) is -0.231. The summed E-state index contributed by atoms with van der Waals surface area (Å²) < 4.78 is 0. The lowest BCUT2D eigenvalue weighted by Crippen LogP contribution is -2.50. The maximum atomic E-state index is 12.1. The smallest absolute Gasteiger partial charge is 0.279 e. The minimum atomic E-state index is -0.365. The molecule has 1 aliphatic heterocycles. The maximum Gasteiger partial charge on any atom is 0.279 e. The van der Waals surface area contributed by atoms with Crippen LogP contribution in [-0.4, -0.2) is 47.5 Å². The van der Waals surface area contributed by atoms with Crippen LogP contribution in [0.15, 0.2) is 0 Å². The number of rotatable bonds is 4. The first-order chi connectivity index (χ1) is 7.63. The van der Waals surface area contributed by atoms with E-state index in [1.54, 1.807) is 11.9 Å². The first kappa shape index (κ1) is 11.7. The highest BCUT2D eigenvalue weighted by atomic mass is 32.2. The molecule has 2 rings (SSSR count). The van der Waals surface area contributed by atoms with E-state index in [0.29, 0.717) is 18.2 Å². The van der Waals surface area contributed by atoms with Crippen molar-refractivity contribution >= 4 is 22.9 Å². The summed E-state index contributed by atoms with van der Waals surface area (Å²) in [7, 11) is 1.79. The number of thioether (sulfide) groups is 1. The number of carbonyl (C=O) groups excluding carboxylic acids is 2. The Morgan fingerprint density at radius 1 is 1.69 bits per heavy atom. The lowest BCUT2D eigenvalue weighted by atomic mass is 10.1. The maximum absolute atomic E-state index is 12.1. The summed E-state index contributed by atoms with van der Waals surface area (Å²) in [6.45, 7) is 0.501. The molecule has 0 aromatic heterocycles. The second-order valence-electron chi connectivity index (χ2n) is 4.39. The molecule has 0 bridgehead atoms. The third-order valence-electron chi connectivity index (χ3n) is 3.22. The van der Waals surface area contributed by atoms with Gasteiger partial charge in [-0.2, -0.15) is 0 Å². The van der Waals surface area contributed by atoms with E-state index in [4.69, 9.17) is 5.73 Å². The zero-order valence-corrected chi connectivity index (χ0v) is 10.1. The molecular formula is C10H17N3O2S. The molecule has 16 heavy (non-hydrogen) atoms. The SMILES string of the molecule is CN(C(=O)C1CSC(=O)N1)C(CN)C1CC1. The highest BCUT2D eigenvalue weighted by Crippen LogP contribution is 2.34. The van der Waals surface area contributed by atoms with Crippen molar-refractivity contribution in [3.63, 3.8) is 0 Å². The van der Waals surface area contributed by atoms with Gasteiger partial charge in [-0.15, -0.1) is 0 Å². The van der Waals surface area contributed by atoms with Crippen LogP contribution < -0.4 is 11.1 Å². The normalized spacial score (nSPS) is 26.4. The van der Waals surface area contributed by atoms with Crippen LogP contribution in [0.5, 0.6) is 0 Å². The van der Waals surface area contributed by atoms with Crippen LogP contribution >= 0.6 is 11.8 Å².